The molecule has 0 radical (unpaired) electrons. The van der Waals surface area contributed by atoms with Crippen molar-refractivity contribution in [3.63, 3.8) is 0 Å². The minimum absolute atomic E-state index is 0.0344. The number of aliphatic hydroxyl groups excluding tert-OH is 2. The molecule has 0 aromatic carbocycles. The van der Waals surface area contributed by atoms with Crippen molar-refractivity contribution in [2.24, 2.45) is 0 Å². The zero-order valence-corrected chi connectivity index (χ0v) is 45.1. The molecule has 392 valence electrons. The number of allylic oxidation sites excluding steroid dienone is 16. The molecule has 0 bridgehead atoms. The molecule has 0 aromatic rings. The van der Waals surface area contributed by atoms with Crippen molar-refractivity contribution in [1.82, 2.24) is 5.32 Å². The lowest BCUT2D eigenvalue weighted by Crippen LogP contribution is -2.45. The van der Waals surface area contributed by atoms with Crippen LogP contribution in [0.25, 0.3) is 0 Å². The first kappa shape index (κ1) is 65.3. The molecule has 0 aromatic heterocycles. The van der Waals surface area contributed by atoms with Crippen LogP contribution < -0.4 is 5.32 Å². The van der Waals surface area contributed by atoms with Crippen molar-refractivity contribution in [3.8, 4) is 0 Å². The third-order valence-electron chi connectivity index (χ3n) is 13.1. The fourth-order valence-electron chi connectivity index (χ4n) is 8.67. The normalized spacial score (nSPS) is 13.5. The fourth-order valence-corrected chi connectivity index (χ4v) is 8.67. The molecule has 1 amide bonds. The largest absolute Gasteiger partial charge is 0.394 e. The summed E-state index contributed by atoms with van der Waals surface area (Å²) in [6.45, 7) is 4.26. The Bertz CT molecular complexity index is 1250. The van der Waals surface area contributed by atoms with Crippen LogP contribution in [0.3, 0.4) is 0 Å². The van der Waals surface area contributed by atoms with Crippen molar-refractivity contribution >= 4 is 5.91 Å². The number of hydrogen-bond acceptors (Lipinski definition) is 3. The van der Waals surface area contributed by atoms with Crippen LogP contribution in [0.2, 0.25) is 0 Å². The predicted molar refractivity (Wildman–Crippen MR) is 303 cm³/mol. The summed E-state index contributed by atoms with van der Waals surface area (Å²) >= 11 is 0. The van der Waals surface area contributed by atoms with Gasteiger partial charge in [0, 0.05) is 6.42 Å². The summed E-state index contributed by atoms with van der Waals surface area (Å²) in [6, 6.07) is -0.543. The van der Waals surface area contributed by atoms with Gasteiger partial charge < -0.3 is 15.5 Å². The zero-order valence-electron chi connectivity index (χ0n) is 45.1. The third kappa shape index (κ3) is 54.3. The van der Waals surface area contributed by atoms with Crippen molar-refractivity contribution in [2.45, 2.75) is 296 Å². The van der Waals surface area contributed by atoms with E-state index in [1.165, 1.54) is 180 Å². The van der Waals surface area contributed by atoms with E-state index >= 15 is 0 Å². The second-order valence-corrected chi connectivity index (χ2v) is 19.7. The summed E-state index contributed by atoms with van der Waals surface area (Å²) in [5, 5.41) is 23.3. The summed E-state index contributed by atoms with van der Waals surface area (Å²) in [5.41, 5.74) is 0. The van der Waals surface area contributed by atoms with Gasteiger partial charge >= 0.3 is 0 Å². The number of carbonyl (C=O) groups excluding carboxylic acids is 1. The molecule has 0 aliphatic carbocycles. The van der Waals surface area contributed by atoms with Gasteiger partial charge in [-0.25, -0.2) is 0 Å². The van der Waals surface area contributed by atoms with Gasteiger partial charge in [0.05, 0.1) is 18.8 Å². The summed E-state index contributed by atoms with van der Waals surface area (Å²) in [5.74, 6) is -0.0344. The van der Waals surface area contributed by atoms with Crippen LogP contribution in [-0.2, 0) is 4.79 Å². The highest BCUT2D eigenvalue weighted by atomic mass is 16.3. The van der Waals surface area contributed by atoms with Gasteiger partial charge in [-0.15, -0.1) is 0 Å². The average Bonchev–Trinajstić information content (AvgIpc) is 3.34. The number of rotatable bonds is 53. The Morgan fingerprint density at radius 2 is 0.647 bits per heavy atom. The highest BCUT2D eigenvalue weighted by molar-refractivity contribution is 5.76. The molecule has 0 rings (SSSR count). The maximum atomic E-state index is 12.5. The maximum absolute atomic E-state index is 12.5. The van der Waals surface area contributed by atoms with Crippen LogP contribution in [0.1, 0.15) is 284 Å². The number of nitrogens with one attached hydrogen (secondary N) is 1. The van der Waals surface area contributed by atoms with E-state index in [0.717, 1.165) is 77.0 Å². The molecule has 0 aliphatic heterocycles. The van der Waals surface area contributed by atoms with Crippen LogP contribution in [0.15, 0.2) is 97.2 Å². The van der Waals surface area contributed by atoms with Crippen LogP contribution in [0, 0.1) is 0 Å². The Labute approximate surface area is 424 Å². The lowest BCUT2D eigenvalue weighted by atomic mass is 10.0. The molecule has 0 fully saturated rings. The molecule has 0 saturated heterocycles. The van der Waals surface area contributed by atoms with E-state index in [2.05, 4.69) is 116 Å². The minimum Gasteiger partial charge on any atom is -0.394 e. The van der Waals surface area contributed by atoms with Crippen molar-refractivity contribution in [3.05, 3.63) is 97.2 Å². The van der Waals surface area contributed by atoms with E-state index < -0.39 is 12.1 Å². The molecule has 3 N–H and O–H groups in total. The smallest absolute Gasteiger partial charge is 0.220 e. The zero-order chi connectivity index (χ0) is 49.2. The Balaban J connectivity index is 3.53. The van der Waals surface area contributed by atoms with Gasteiger partial charge in [0.2, 0.25) is 5.91 Å². The number of hydrogen-bond donors (Lipinski definition) is 3. The van der Waals surface area contributed by atoms with Gasteiger partial charge in [-0.2, -0.15) is 0 Å². The highest BCUT2D eigenvalue weighted by Gasteiger charge is 2.20. The van der Waals surface area contributed by atoms with Crippen LogP contribution >= 0.6 is 0 Å². The average molecular weight is 945 g/mol. The Hall–Kier alpha value is -2.69. The van der Waals surface area contributed by atoms with Gasteiger partial charge in [-0.05, 0) is 77.0 Å². The Morgan fingerprint density at radius 1 is 0.368 bits per heavy atom. The molecule has 0 aliphatic rings. The number of unbranched alkanes of at least 4 members (excludes halogenated alkanes) is 30. The van der Waals surface area contributed by atoms with E-state index in [1.54, 1.807) is 0 Å². The first-order valence-electron chi connectivity index (χ1n) is 29.4. The van der Waals surface area contributed by atoms with Crippen LogP contribution in [-0.4, -0.2) is 34.9 Å². The summed E-state index contributed by atoms with van der Waals surface area (Å²) in [6.07, 6.45) is 86.8. The van der Waals surface area contributed by atoms with Gasteiger partial charge in [0.25, 0.3) is 0 Å². The third-order valence-corrected chi connectivity index (χ3v) is 13.1. The molecule has 0 saturated carbocycles. The molecule has 0 spiro atoms. The first-order chi connectivity index (χ1) is 33.7. The highest BCUT2D eigenvalue weighted by Crippen LogP contribution is 2.17. The molecule has 0 heterocycles. The molecule has 4 nitrogen and oxygen atoms in total. The van der Waals surface area contributed by atoms with E-state index in [-0.39, 0.29) is 12.5 Å². The molecular weight excluding hydrogens is 831 g/mol. The summed E-state index contributed by atoms with van der Waals surface area (Å²) in [4.78, 5) is 12.5. The predicted octanol–water partition coefficient (Wildman–Crippen LogP) is 19.7. The van der Waals surface area contributed by atoms with E-state index in [0.29, 0.717) is 12.8 Å². The van der Waals surface area contributed by atoms with Crippen LogP contribution in [0.4, 0.5) is 0 Å². The minimum atomic E-state index is -0.666. The van der Waals surface area contributed by atoms with E-state index in [1.807, 2.05) is 0 Å². The molecule has 2 unspecified atom stereocenters. The van der Waals surface area contributed by atoms with Gasteiger partial charge in [0.1, 0.15) is 0 Å². The standard InChI is InChI=1S/C64H113NO3/c1-3-5-7-9-11-13-15-17-19-21-23-24-25-26-27-28-29-30-31-32-33-34-35-36-37-38-39-40-42-44-46-48-50-52-54-56-58-60-64(68)65-62(61-66)63(67)59-57-55-53-51-49-47-45-43-41-22-20-18-16-14-12-10-8-6-4-2/h5,7,11,13,17,19,23-24,26-27,29-30,32-33,35-36,62-63,66-67H,3-4,6,8-10,12,14-16,18,20-22,25,28,31,34,37-61H2,1-2H3,(H,65,68)/b7-5-,13-11-,19-17-,24-23-,27-26-,30-29-,33-32-,36-35-. The fraction of sp³-hybridized carbons (Fsp3) is 0.734. The molecule has 68 heavy (non-hydrogen) atoms. The van der Waals surface area contributed by atoms with Crippen molar-refractivity contribution < 1.29 is 15.0 Å². The van der Waals surface area contributed by atoms with E-state index in [4.69, 9.17) is 0 Å². The second-order valence-electron chi connectivity index (χ2n) is 19.7. The first-order valence-corrected chi connectivity index (χ1v) is 29.4. The topological polar surface area (TPSA) is 69.6 Å². The quantitative estimate of drug-likeness (QED) is 0.0420. The Morgan fingerprint density at radius 3 is 0.971 bits per heavy atom. The maximum Gasteiger partial charge on any atom is 0.220 e. The molecule has 4 heteroatoms. The molecular formula is C64H113NO3. The lowest BCUT2D eigenvalue weighted by molar-refractivity contribution is -0.123. The summed E-state index contributed by atoms with van der Waals surface area (Å²) in [7, 11) is 0. The van der Waals surface area contributed by atoms with Crippen molar-refractivity contribution in [1.29, 1.82) is 0 Å². The van der Waals surface area contributed by atoms with Crippen LogP contribution in [0.5, 0.6) is 0 Å². The SMILES string of the molecule is CC/C=C\C/C=C\C/C=C\C/C=C\C/C=C\C/C=C\C/C=C\C/C=C\CCCCCCCCCCCCCCC(=O)NC(CO)C(O)CCCCCCCCCCCCCCCCCCCCC. The molecule has 2 atom stereocenters. The Kier molecular flexibility index (Phi) is 56.3. The van der Waals surface area contributed by atoms with E-state index in [9.17, 15) is 15.0 Å². The second kappa shape index (κ2) is 58.6. The lowest BCUT2D eigenvalue weighted by Gasteiger charge is -2.22. The van der Waals surface area contributed by atoms with Crippen molar-refractivity contribution in [2.75, 3.05) is 6.61 Å². The van der Waals surface area contributed by atoms with Gasteiger partial charge in [-0.3, -0.25) is 4.79 Å². The monoisotopic (exact) mass is 944 g/mol. The van der Waals surface area contributed by atoms with Gasteiger partial charge in [-0.1, -0.05) is 297 Å². The number of carbonyl (C=O) groups is 1. The van der Waals surface area contributed by atoms with Gasteiger partial charge in [0.15, 0.2) is 0 Å². The number of amides is 1. The summed E-state index contributed by atoms with van der Waals surface area (Å²) < 4.78 is 0. The number of aliphatic hydroxyl groups is 2.